The van der Waals surface area contributed by atoms with Crippen molar-refractivity contribution in [3.05, 3.63) is 132 Å². The van der Waals surface area contributed by atoms with E-state index in [2.05, 4.69) is 92.4 Å². The standard InChI is InChI=1S/C35H32N4O/c1-23-17-26(4)34(27(5)18-23)39-16-15-36-35(39)29-12-8-14-31(20-29)40-30-13-7-11-28(19-30)32-21-38(22-37-32)33-24(2)9-6-10-25(33)3/h6-22H,1-5H3. The average molecular weight is 525 g/mol. The molecule has 40 heavy (non-hydrogen) atoms. The molecule has 4 aromatic carbocycles. The summed E-state index contributed by atoms with van der Waals surface area (Å²) in [7, 11) is 0. The van der Waals surface area contributed by atoms with Gasteiger partial charge in [-0.25, -0.2) is 9.97 Å². The molecule has 0 amide bonds. The Hall–Kier alpha value is -4.90. The molecule has 6 rings (SSSR count). The summed E-state index contributed by atoms with van der Waals surface area (Å²) < 4.78 is 10.6. The van der Waals surface area contributed by atoms with Gasteiger partial charge < -0.3 is 9.30 Å². The first-order valence-electron chi connectivity index (χ1n) is 13.5. The molecule has 0 spiro atoms. The molecule has 2 aromatic heterocycles. The molecule has 198 valence electrons. The van der Waals surface area contributed by atoms with Crippen LogP contribution in [-0.2, 0) is 0 Å². The van der Waals surface area contributed by atoms with E-state index in [1.807, 2.05) is 55.1 Å². The maximum Gasteiger partial charge on any atom is 0.144 e. The van der Waals surface area contributed by atoms with Crippen LogP contribution in [0.4, 0.5) is 0 Å². The van der Waals surface area contributed by atoms with Crippen molar-refractivity contribution < 1.29 is 4.74 Å². The van der Waals surface area contributed by atoms with Gasteiger partial charge in [0.2, 0.25) is 0 Å². The van der Waals surface area contributed by atoms with Crippen LogP contribution in [0.2, 0.25) is 0 Å². The molecular weight excluding hydrogens is 492 g/mol. The fourth-order valence-electron chi connectivity index (χ4n) is 5.61. The summed E-state index contributed by atoms with van der Waals surface area (Å²) in [5.74, 6) is 2.39. The molecule has 0 aliphatic carbocycles. The van der Waals surface area contributed by atoms with Crippen molar-refractivity contribution in [1.82, 2.24) is 19.1 Å². The largest absolute Gasteiger partial charge is 0.457 e. The van der Waals surface area contributed by atoms with Gasteiger partial charge >= 0.3 is 0 Å². The molecule has 0 atom stereocenters. The lowest BCUT2D eigenvalue weighted by molar-refractivity contribution is 0.483. The number of hydrogen-bond donors (Lipinski definition) is 0. The predicted molar refractivity (Wildman–Crippen MR) is 162 cm³/mol. The van der Waals surface area contributed by atoms with E-state index >= 15 is 0 Å². The maximum atomic E-state index is 6.35. The smallest absolute Gasteiger partial charge is 0.144 e. The number of rotatable bonds is 6. The summed E-state index contributed by atoms with van der Waals surface area (Å²) in [6, 6.07) is 26.9. The van der Waals surface area contributed by atoms with Gasteiger partial charge in [0, 0.05) is 29.7 Å². The Balaban J connectivity index is 1.28. The first kappa shape index (κ1) is 25.4. The number of imidazole rings is 2. The highest BCUT2D eigenvalue weighted by molar-refractivity contribution is 5.65. The van der Waals surface area contributed by atoms with Gasteiger partial charge in [-0.1, -0.05) is 60.2 Å². The number of para-hydroxylation sites is 1. The summed E-state index contributed by atoms with van der Waals surface area (Å²) >= 11 is 0. The van der Waals surface area contributed by atoms with Crippen molar-refractivity contribution >= 4 is 0 Å². The van der Waals surface area contributed by atoms with Crippen LogP contribution in [0, 0.1) is 34.6 Å². The highest BCUT2D eigenvalue weighted by atomic mass is 16.5. The van der Waals surface area contributed by atoms with E-state index in [0.29, 0.717) is 0 Å². The first-order chi connectivity index (χ1) is 19.4. The first-order valence-corrected chi connectivity index (χ1v) is 13.5. The summed E-state index contributed by atoms with van der Waals surface area (Å²) in [4.78, 5) is 9.40. The summed E-state index contributed by atoms with van der Waals surface area (Å²) in [5.41, 5.74) is 11.4. The van der Waals surface area contributed by atoms with Gasteiger partial charge in [-0.05, 0) is 81.1 Å². The molecule has 0 saturated carbocycles. The molecular formula is C35H32N4O. The van der Waals surface area contributed by atoms with Crippen molar-refractivity contribution in [2.75, 3.05) is 0 Å². The maximum absolute atomic E-state index is 6.35. The quantitative estimate of drug-likeness (QED) is 0.219. The van der Waals surface area contributed by atoms with Crippen LogP contribution < -0.4 is 4.74 Å². The van der Waals surface area contributed by atoms with E-state index in [0.717, 1.165) is 39.8 Å². The molecule has 5 nitrogen and oxygen atoms in total. The van der Waals surface area contributed by atoms with E-state index < -0.39 is 0 Å². The molecule has 0 unspecified atom stereocenters. The molecule has 2 heterocycles. The van der Waals surface area contributed by atoms with Crippen LogP contribution in [0.1, 0.15) is 27.8 Å². The zero-order valence-electron chi connectivity index (χ0n) is 23.5. The molecule has 0 aliphatic rings. The van der Waals surface area contributed by atoms with Crippen LogP contribution in [-0.4, -0.2) is 19.1 Å². The van der Waals surface area contributed by atoms with Gasteiger partial charge in [0.05, 0.1) is 23.4 Å². The van der Waals surface area contributed by atoms with Gasteiger partial charge in [-0.15, -0.1) is 0 Å². The Morgan fingerprint density at radius 1 is 0.625 bits per heavy atom. The number of benzene rings is 4. The second-order valence-electron chi connectivity index (χ2n) is 10.4. The number of nitrogens with zero attached hydrogens (tertiary/aromatic N) is 4. The highest BCUT2D eigenvalue weighted by Gasteiger charge is 2.14. The second-order valence-corrected chi connectivity index (χ2v) is 10.4. The molecule has 0 radical (unpaired) electrons. The third-order valence-corrected chi connectivity index (χ3v) is 7.26. The van der Waals surface area contributed by atoms with Crippen LogP contribution in [0.3, 0.4) is 0 Å². The Morgan fingerprint density at radius 3 is 1.95 bits per heavy atom. The lowest BCUT2D eigenvalue weighted by Crippen LogP contribution is -2.02. The van der Waals surface area contributed by atoms with E-state index in [9.17, 15) is 0 Å². The fraction of sp³-hybridized carbons (Fsp3) is 0.143. The molecule has 0 aliphatic heterocycles. The van der Waals surface area contributed by atoms with Crippen molar-refractivity contribution in [2.24, 2.45) is 0 Å². The van der Waals surface area contributed by atoms with Crippen molar-refractivity contribution in [1.29, 1.82) is 0 Å². The zero-order chi connectivity index (χ0) is 27.8. The lowest BCUT2D eigenvalue weighted by atomic mass is 10.0. The normalized spacial score (nSPS) is 11.1. The van der Waals surface area contributed by atoms with Crippen molar-refractivity contribution in [3.8, 4) is 45.5 Å². The molecule has 6 aromatic rings. The van der Waals surface area contributed by atoms with E-state index in [1.54, 1.807) is 0 Å². The Labute approximate surface area is 235 Å². The van der Waals surface area contributed by atoms with Gasteiger partial charge in [-0.3, -0.25) is 4.57 Å². The van der Waals surface area contributed by atoms with Crippen LogP contribution >= 0.6 is 0 Å². The van der Waals surface area contributed by atoms with E-state index in [-0.39, 0.29) is 0 Å². The Kier molecular flexibility index (Phi) is 6.56. The van der Waals surface area contributed by atoms with Crippen LogP contribution in [0.15, 0.2) is 104 Å². The van der Waals surface area contributed by atoms with Crippen molar-refractivity contribution in [2.45, 2.75) is 34.6 Å². The Bertz CT molecular complexity index is 1800. The van der Waals surface area contributed by atoms with Crippen molar-refractivity contribution in [3.63, 3.8) is 0 Å². The summed E-state index contributed by atoms with van der Waals surface area (Å²) in [6.45, 7) is 10.7. The SMILES string of the molecule is Cc1cc(C)c(-n2ccnc2-c2cccc(Oc3cccc(-c4cn(-c5c(C)cccc5C)cn4)c3)c2)c(C)c1. The van der Waals surface area contributed by atoms with Gasteiger partial charge in [-0.2, -0.15) is 0 Å². The van der Waals surface area contributed by atoms with Crippen LogP contribution in [0.25, 0.3) is 34.0 Å². The third-order valence-electron chi connectivity index (χ3n) is 7.26. The zero-order valence-corrected chi connectivity index (χ0v) is 23.5. The minimum absolute atomic E-state index is 0.752. The second kappa shape index (κ2) is 10.3. The van der Waals surface area contributed by atoms with Gasteiger partial charge in [0.15, 0.2) is 0 Å². The van der Waals surface area contributed by atoms with Gasteiger partial charge in [0.25, 0.3) is 0 Å². The molecule has 5 heteroatoms. The minimum atomic E-state index is 0.752. The number of hydrogen-bond acceptors (Lipinski definition) is 3. The van der Waals surface area contributed by atoms with E-state index in [4.69, 9.17) is 14.7 Å². The van der Waals surface area contributed by atoms with Crippen LogP contribution in [0.5, 0.6) is 11.5 Å². The number of ether oxygens (including phenoxy) is 1. The Morgan fingerprint density at radius 2 is 1.25 bits per heavy atom. The minimum Gasteiger partial charge on any atom is -0.457 e. The highest BCUT2D eigenvalue weighted by Crippen LogP contribution is 2.32. The average Bonchev–Trinajstić information content (AvgIpc) is 3.59. The summed E-state index contributed by atoms with van der Waals surface area (Å²) in [5, 5.41) is 0. The van der Waals surface area contributed by atoms with Gasteiger partial charge in [0.1, 0.15) is 17.3 Å². The molecule has 0 fully saturated rings. The lowest BCUT2D eigenvalue weighted by Gasteiger charge is -2.15. The van der Waals surface area contributed by atoms with E-state index in [1.165, 1.54) is 33.5 Å². The fourth-order valence-corrected chi connectivity index (χ4v) is 5.61. The molecule has 0 bridgehead atoms. The predicted octanol–water partition coefficient (Wildman–Crippen LogP) is 8.73. The number of aromatic nitrogens is 4. The topological polar surface area (TPSA) is 44.9 Å². The molecule has 0 saturated heterocycles. The summed E-state index contributed by atoms with van der Waals surface area (Å²) in [6.07, 6.45) is 7.82. The molecule has 0 N–H and O–H groups in total. The third kappa shape index (κ3) is 4.82. The monoisotopic (exact) mass is 524 g/mol. The number of aryl methyl sites for hydroxylation is 5.